The zero-order valence-corrected chi connectivity index (χ0v) is 7.44. The highest BCUT2D eigenvalue weighted by Gasteiger charge is 2.05. The smallest absolute Gasteiger partial charge is 0.137 e. The van der Waals surface area contributed by atoms with E-state index in [4.69, 9.17) is 11.6 Å². The first-order valence-electron chi connectivity index (χ1n) is 3.63. The molecule has 0 aromatic heterocycles. The highest BCUT2D eigenvalue weighted by atomic mass is 35.5. The van der Waals surface area contributed by atoms with Crippen molar-refractivity contribution in [1.29, 1.82) is 0 Å². The van der Waals surface area contributed by atoms with Crippen LogP contribution in [0.3, 0.4) is 0 Å². The Kier molecular flexibility index (Phi) is 2.40. The molecule has 1 aromatic rings. The number of rotatable bonds is 1. The van der Waals surface area contributed by atoms with Gasteiger partial charge in [0.05, 0.1) is 5.02 Å². The van der Waals surface area contributed by atoms with Crippen LogP contribution in [0.2, 0.25) is 5.02 Å². The molecule has 1 nitrogen and oxygen atoms in total. The van der Waals surface area contributed by atoms with Gasteiger partial charge in [-0.1, -0.05) is 30.7 Å². The second-order valence-electron chi connectivity index (χ2n) is 2.56. The lowest BCUT2D eigenvalue weighted by Crippen LogP contribution is -1.84. The van der Waals surface area contributed by atoms with Crippen LogP contribution in [0.4, 0.5) is 0 Å². The highest BCUT2D eigenvalue weighted by Crippen LogP contribution is 2.30. The van der Waals surface area contributed by atoms with E-state index in [1.807, 2.05) is 26.0 Å². The van der Waals surface area contributed by atoms with Crippen LogP contribution in [0, 0.1) is 6.92 Å². The van der Waals surface area contributed by atoms with Crippen LogP contribution in [0.15, 0.2) is 12.1 Å². The summed E-state index contributed by atoms with van der Waals surface area (Å²) < 4.78 is 0. The quantitative estimate of drug-likeness (QED) is 0.687. The van der Waals surface area contributed by atoms with Crippen molar-refractivity contribution in [3.63, 3.8) is 0 Å². The molecule has 0 amide bonds. The van der Waals surface area contributed by atoms with Crippen molar-refractivity contribution in [2.75, 3.05) is 0 Å². The molecule has 0 fully saturated rings. The molecule has 0 atom stereocenters. The van der Waals surface area contributed by atoms with Crippen molar-refractivity contribution in [3.8, 4) is 5.75 Å². The predicted molar refractivity (Wildman–Crippen MR) is 47.2 cm³/mol. The second-order valence-corrected chi connectivity index (χ2v) is 2.94. The summed E-state index contributed by atoms with van der Waals surface area (Å²) in [7, 11) is 0. The molecule has 1 N–H and O–H groups in total. The first kappa shape index (κ1) is 8.41. The van der Waals surface area contributed by atoms with Gasteiger partial charge in [0.2, 0.25) is 0 Å². The van der Waals surface area contributed by atoms with Gasteiger partial charge in [0.25, 0.3) is 0 Å². The van der Waals surface area contributed by atoms with Gasteiger partial charge in [-0.05, 0) is 24.5 Å². The Morgan fingerprint density at radius 1 is 1.45 bits per heavy atom. The number of hydrogen-bond donors (Lipinski definition) is 1. The minimum absolute atomic E-state index is 0.231. The maximum absolute atomic E-state index is 9.45. The Bertz CT molecular complexity index is 269. The Morgan fingerprint density at radius 3 is 2.64 bits per heavy atom. The third-order valence-corrected chi connectivity index (χ3v) is 2.25. The van der Waals surface area contributed by atoms with Gasteiger partial charge in [0, 0.05) is 0 Å². The lowest BCUT2D eigenvalue weighted by atomic mass is 10.1. The summed E-state index contributed by atoms with van der Waals surface area (Å²) in [6.45, 7) is 3.86. The average Bonchev–Trinajstić information content (AvgIpc) is 2.01. The van der Waals surface area contributed by atoms with Crippen molar-refractivity contribution >= 4 is 11.6 Å². The van der Waals surface area contributed by atoms with Gasteiger partial charge < -0.3 is 5.11 Å². The lowest BCUT2D eigenvalue weighted by molar-refractivity contribution is 0.468. The van der Waals surface area contributed by atoms with Gasteiger partial charge in [-0.15, -0.1) is 0 Å². The summed E-state index contributed by atoms with van der Waals surface area (Å²) in [6, 6.07) is 3.82. The molecule has 2 heteroatoms. The number of phenolic OH excluding ortho intramolecular Hbond substituents is 1. The molecule has 0 bridgehead atoms. The molecule has 11 heavy (non-hydrogen) atoms. The van der Waals surface area contributed by atoms with Gasteiger partial charge >= 0.3 is 0 Å². The molecule has 0 aliphatic rings. The Hall–Kier alpha value is -0.690. The lowest BCUT2D eigenvalue weighted by Gasteiger charge is -2.05. The van der Waals surface area contributed by atoms with Crippen LogP contribution in [-0.2, 0) is 6.42 Å². The number of hydrogen-bond acceptors (Lipinski definition) is 1. The molecule has 0 unspecified atom stereocenters. The van der Waals surface area contributed by atoms with E-state index >= 15 is 0 Å². The number of phenols is 1. The largest absolute Gasteiger partial charge is 0.506 e. The fraction of sp³-hybridized carbons (Fsp3) is 0.333. The summed E-state index contributed by atoms with van der Waals surface area (Å²) in [5, 5.41) is 9.92. The van der Waals surface area contributed by atoms with E-state index in [2.05, 4.69) is 0 Å². The Morgan fingerprint density at radius 2 is 2.09 bits per heavy atom. The number of aromatic hydroxyl groups is 1. The molecule has 0 saturated carbocycles. The first-order valence-corrected chi connectivity index (χ1v) is 4.01. The van der Waals surface area contributed by atoms with Crippen molar-refractivity contribution in [1.82, 2.24) is 0 Å². The molecular formula is C9H11ClO. The minimum Gasteiger partial charge on any atom is -0.506 e. The average molecular weight is 171 g/mol. The molecular weight excluding hydrogens is 160 g/mol. The van der Waals surface area contributed by atoms with Gasteiger partial charge in [-0.2, -0.15) is 0 Å². The molecule has 0 spiro atoms. The summed E-state index contributed by atoms with van der Waals surface area (Å²) in [5.41, 5.74) is 1.82. The maximum atomic E-state index is 9.45. The molecule has 0 aliphatic carbocycles. The van der Waals surface area contributed by atoms with Crippen molar-refractivity contribution in [3.05, 3.63) is 28.3 Å². The molecule has 0 saturated heterocycles. The van der Waals surface area contributed by atoms with Crippen LogP contribution in [0.25, 0.3) is 0 Å². The van der Waals surface area contributed by atoms with E-state index in [1.54, 1.807) is 0 Å². The van der Waals surface area contributed by atoms with Crippen molar-refractivity contribution in [2.24, 2.45) is 0 Å². The van der Waals surface area contributed by atoms with Gasteiger partial charge in [0.1, 0.15) is 5.75 Å². The molecule has 1 rings (SSSR count). The van der Waals surface area contributed by atoms with E-state index in [0.717, 1.165) is 17.5 Å². The topological polar surface area (TPSA) is 20.2 Å². The van der Waals surface area contributed by atoms with Crippen LogP contribution < -0.4 is 0 Å². The second kappa shape index (κ2) is 3.14. The monoisotopic (exact) mass is 170 g/mol. The molecule has 1 aromatic carbocycles. The van der Waals surface area contributed by atoms with Crippen molar-refractivity contribution < 1.29 is 5.11 Å². The maximum Gasteiger partial charge on any atom is 0.137 e. The summed E-state index contributed by atoms with van der Waals surface area (Å²) >= 11 is 5.81. The highest BCUT2D eigenvalue weighted by molar-refractivity contribution is 6.32. The molecule has 0 heterocycles. The number of aryl methyl sites for hydroxylation is 2. The van der Waals surface area contributed by atoms with Gasteiger partial charge in [0.15, 0.2) is 0 Å². The summed E-state index contributed by atoms with van der Waals surface area (Å²) in [6.07, 6.45) is 0.811. The van der Waals surface area contributed by atoms with Crippen LogP contribution in [-0.4, -0.2) is 5.11 Å². The number of benzene rings is 1. The fourth-order valence-electron chi connectivity index (χ4n) is 0.991. The molecule has 0 aliphatic heterocycles. The third kappa shape index (κ3) is 1.48. The molecule has 0 radical (unpaired) electrons. The van der Waals surface area contributed by atoms with E-state index in [9.17, 15) is 5.11 Å². The van der Waals surface area contributed by atoms with Crippen LogP contribution in [0.5, 0.6) is 5.75 Å². The fourth-order valence-corrected chi connectivity index (χ4v) is 1.18. The van der Waals surface area contributed by atoms with E-state index in [-0.39, 0.29) is 5.75 Å². The zero-order valence-electron chi connectivity index (χ0n) is 6.69. The summed E-state index contributed by atoms with van der Waals surface area (Å²) in [4.78, 5) is 0. The van der Waals surface area contributed by atoms with Crippen molar-refractivity contribution in [2.45, 2.75) is 20.3 Å². The minimum atomic E-state index is 0.231. The third-order valence-electron chi connectivity index (χ3n) is 1.77. The van der Waals surface area contributed by atoms with E-state index in [1.165, 1.54) is 0 Å². The van der Waals surface area contributed by atoms with E-state index < -0.39 is 0 Å². The zero-order chi connectivity index (χ0) is 8.43. The first-order chi connectivity index (χ1) is 5.16. The Labute approximate surface area is 71.6 Å². The SMILES string of the molecule is CCc1ccc(C)c(Cl)c1O. The van der Waals surface area contributed by atoms with E-state index in [0.29, 0.717) is 5.02 Å². The normalized spacial score (nSPS) is 10.1. The van der Waals surface area contributed by atoms with Crippen LogP contribution in [0.1, 0.15) is 18.1 Å². The standard InChI is InChI=1S/C9H11ClO/c1-3-7-5-4-6(2)8(10)9(7)11/h4-5,11H,3H2,1-2H3. The Balaban J connectivity index is 3.25. The van der Waals surface area contributed by atoms with Gasteiger partial charge in [-0.25, -0.2) is 0 Å². The van der Waals surface area contributed by atoms with Gasteiger partial charge in [-0.3, -0.25) is 0 Å². The predicted octanol–water partition coefficient (Wildman–Crippen LogP) is 2.92. The summed E-state index contributed by atoms with van der Waals surface area (Å²) in [5.74, 6) is 0.231. The molecule has 60 valence electrons. The van der Waals surface area contributed by atoms with Crippen LogP contribution >= 0.6 is 11.6 Å². The number of halogens is 1.